The molecule has 0 aliphatic heterocycles. The Hall–Kier alpha value is -1.78. The maximum absolute atomic E-state index is 13.1. The number of nitrogens with zero attached hydrogens (tertiary/aromatic N) is 1. The number of hydrogen-bond donors (Lipinski definition) is 1. The van der Waals surface area contributed by atoms with Gasteiger partial charge in [0.1, 0.15) is 0 Å². The molecule has 10 heteroatoms. The molecule has 138 valence electrons. The van der Waals surface area contributed by atoms with Crippen LogP contribution in [0, 0.1) is 17.5 Å². The molecule has 0 bridgehead atoms. The highest BCUT2D eigenvalue weighted by Gasteiger charge is 2.15. The first-order valence-corrected chi connectivity index (χ1v) is 10.9. The number of aromatic nitrogens is 1. The van der Waals surface area contributed by atoms with Gasteiger partial charge < -0.3 is 0 Å². The number of halogens is 3. The molecular weight excluding hydrogens is 405 g/mol. The van der Waals surface area contributed by atoms with E-state index in [9.17, 15) is 21.6 Å². The van der Waals surface area contributed by atoms with Gasteiger partial charge in [0.05, 0.1) is 21.7 Å². The van der Waals surface area contributed by atoms with Gasteiger partial charge in [-0.05, 0) is 18.6 Å². The highest BCUT2D eigenvalue weighted by atomic mass is 32.2. The summed E-state index contributed by atoms with van der Waals surface area (Å²) in [6.45, 7) is 0. The van der Waals surface area contributed by atoms with Gasteiger partial charge in [-0.2, -0.15) is 0 Å². The zero-order chi connectivity index (χ0) is 18.7. The Morgan fingerprint density at radius 1 is 1.12 bits per heavy atom. The van der Waals surface area contributed by atoms with Crippen LogP contribution in [0.4, 0.5) is 18.9 Å². The van der Waals surface area contributed by atoms with Crippen LogP contribution in [-0.2, 0) is 10.0 Å². The molecule has 3 aromatic rings. The normalized spacial score (nSPS) is 11.8. The van der Waals surface area contributed by atoms with Crippen molar-refractivity contribution in [3.05, 3.63) is 53.8 Å². The maximum Gasteiger partial charge on any atom is 0.232 e. The Morgan fingerprint density at radius 3 is 2.50 bits per heavy atom. The Labute approximate surface area is 156 Å². The van der Waals surface area contributed by atoms with Crippen LogP contribution in [0.1, 0.15) is 6.42 Å². The largest absolute Gasteiger partial charge is 0.283 e. The zero-order valence-electron chi connectivity index (χ0n) is 13.2. The van der Waals surface area contributed by atoms with Gasteiger partial charge in [-0.25, -0.2) is 26.6 Å². The lowest BCUT2D eigenvalue weighted by Gasteiger charge is -2.08. The first-order chi connectivity index (χ1) is 12.3. The molecule has 0 saturated heterocycles. The molecule has 1 N–H and O–H groups in total. The SMILES string of the molecule is O=S(=O)(CCCSc1nc2ccccc2s1)Nc1cc(F)c(F)c(F)c1. The third kappa shape index (κ3) is 4.68. The minimum atomic E-state index is -3.80. The highest BCUT2D eigenvalue weighted by Crippen LogP contribution is 2.29. The van der Waals surface area contributed by atoms with Crippen LogP contribution in [0.25, 0.3) is 10.2 Å². The molecule has 26 heavy (non-hydrogen) atoms. The van der Waals surface area contributed by atoms with E-state index in [-0.39, 0.29) is 11.4 Å². The van der Waals surface area contributed by atoms with Crippen molar-refractivity contribution in [3.8, 4) is 0 Å². The molecule has 0 radical (unpaired) electrons. The molecule has 0 spiro atoms. The number of benzene rings is 2. The van der Waals surface area contributed by atoms with Gasteiger partial charge in [0, 0.05) is 17.9 Å². The number of thioether (sulfide) groups is 1. The number of sulfonamides is 1. The van der Waals surface area contributed by atoms with E-state index in [0.29, 0.717) is 24.3 Å². The molecule has 0 aliphatic carbocycles. The van der Waals surface area contributed by atoms with Crippen LogP contribution in [0.2, 0.25) is 0 Å². The van der Waals surface area contributed by atoms with Crippen molar-refractivity contribution in [2.45, 2.75) is 10.8 Å². The van der Waals surface area contributed by atoms with Crippen molar-refractivity contribution in [2.75, 3.05) is 16.2 Å². The quantitative estimate of drug-likeness (QED) is 0.345. The maximum atomic E-state index is 13.1. The van der Waals surface area contributed by atoms with Gasteiger partial charge in [-0.1, -0.05) is 23.9 Å². The van der Waals surface area contributed by atoms with Gasteiger partial charge in [0.2, 0.25) is 10.0 Å². The van der Waals surface area contributed by atoms with Crippen LogP contribution >= 0.6 is 23.1 Å². The summed E-state index contributed by atoms with van der Waals surface area (Å²) in [4.78, 5) is 4.44. The molecule has 0 saturated carbocycles. The average molecular weight is 418 g/mol. The van der Waals surface area contributed by atoms with Gasteiger partial charge in [-0.3, -0.25) is 4.72 Å². The molecule has 2 aromatic carbocycles. The summed E-state index contributed by atoms with van der Waals surface area (Å²) in [5.41, 5.74) is 0.551. The van der Waals surface area contributed by atoms with E-state index >= 15 is 0 Å². The van der Waals surface area contributed by atoms with Crippen molar-refractivity contribution < 1.29 is 21.6 Å². The predicted octanol–water partition coefficient (Wildman–Crippen LogP) is 4.64. The second-order valence-corrected chi connectivity index (χ2v) is 9.54. The Bertz CT molecular complexity index is 982. The van der Waals surface area contributed by atoms with E-state index in [2.05, 4.69) is 9.71 Å². The number of thiazole rings is 1. The van der Waals surface area contributed by atoms with Crippen molar-refractivity contribution in [3.63, 3.8) is 0 Å². The fraction of sp³-hybridized carbons (Fsp3) is 0.188. The third-order valence-corrected chi connectivity index (χ3v) is 6.95. The van der Waals surface area contributed by atoms with Crippen molar-refractivity contribution in [1.82, 2.24) is 4.98 Å². The van der Waals surface area contributed by atoms with Gasteiger partial charge in [0.15, 0.2) is 21.8 Å². The second-order valence-electron chi connectivity index (χ2n) is 5.32. The summed E-state index contributed by atoms with van der Waals surface area (Å²) in [5.74, 6) is -4.25. The molecule has 1 heterocycles. The van der Waals surface area contributed by atoms with Crippen molar-refractivity contribution >= 4 is 49.0 Å². The second kappa shape index (κ2) is 7.85. The summed E-state index contributed by atoms with van der Waals surface area (Å²) in [6, 6.07) is 8.90. The zero-order valence-corrected chi connectivity index (χ0v) is 15.7. The van der Waals surface area contributed by atoms with Gasteiger partial charge in [-0.15, -0.1) is 11.3 Å². The number of fused-ring (bicyclic) bond motifs is 1. The molecule has 1 aromatic heterocycles. The molecule has 0 amide bonds. The van der Waals surface area contributed by atoms with E-state index in [4.69, 9.17) is 0 Å². The summed E-state index contributed by atoms with van der Waals surface area (Å²) in [6.07, 6.45) is 0.322. The summed E-state index contributed by atoms with van der Waals surface area (Å²) < 4.78 is 67.1. The predicted molar refractivity (Wildman–Crippen MR) is 98.7 cm³/mol. The fourth-order valence-corrected chi connectivity index (χ4v) is 5.53. The minimum Gasteiger partial charge on any atom is -0.283 e. The smallest absolute Gasteiger partial charge is 0.232 e. The molecule has 4 nitrogen and oxygen atoms in total. The number of anilines is 1. The van der Waals surface area contributed by atoms with Gasteiger partial charge >= 0.3 is 0 Å². The summed E-state index contributed by atoms with van der Waals surface area (Å²) in [7, 11) is -3.80. The lowest BCUT2D eigenvalue weighted by Crippen LogP contribution is -2.17. The third-order valence-electron chi connectivity index (χ3n) is 3.31. The lowest BCUT2D eigenvalue weighted by molar-refractivity contribution is 0.448. The van der Waals surface area contributed by atoms with E-state index in [1.54, 1.807) is 0 Å². The average Bonchev–Trinajstić information content (AvgIpc) is 2.99. The fourth-order valence-electron chi connectivity index (χ4n) is 2.17. The molecule has 0 fully saturated rings. The van der Waals surface area contributed by atoms with Crippen molar-refractivity contribution in [2.24, 2.45) is 0 Å². The topological polar surface area (TPSA) is 59.1 Å². The molecule has 0 aliphatic rings. The van der Waals surface area contributed by atoms with Gasteiger partial charge in [0.25, 0.3) is 0 Å². The Balaban J connectivity index is 1.53. The number of para-hydroxylation sites is 1. The van der Waals surface area contributed by atoms with Crippen LogP contribution in [-0.4, -0.2) is 24.9 Å². The van der Waals surface area contributed by atoms with E-state index < -0.39 is 27.5 Å². The Morgan fingerprint density at radius 2 is 1.81 bits per heavy atom. The molecule has 0 unspecified atom stereocenters. The Kier molecular flexibility index (Phi) is 5.73. The first kappa shape index (κ1) is 19.0. The highest BCUT2D eigenvalue weighted by molar-refractivity contribution is 8.01. The minimum absolute atomic E-state index is 0.231. The van der Waals surface area contributed by atoms with Crippen LogP contribution in [0.3, 0.4) is 0 Å². The molecule has 3 rings (SSSR count). The summed E-state index contributed by atoms with van der Waals surface area (Å²) >= 11 is 2.98. The lowest BCUT2D eigenvalue weighted by atomic mass is 10.3. The van der Waals surface area contributed by atoms with Crippen LogP contribution in [0.15, 0.2) is 40.7 Å². The molecular formula is C16H13F3N2O2S3. The molecule has 0 atom stereocenters. The standard InChI is InChI=1S/C16H13F3N2O2S3/c17-11-8-10(9-12(18)15(11)19)21-26(22,23)7-3-6-24-16-20-13-4-1-2-5-14(13)25-16/h1-2,4-5,8-9,21H,3,6-7H2. The number of rotatable bonds is 7. The first-order valence-electron chi connectivity index (χ1n) is 7.47. The monoisotopic (exact) mass is 418 g/mol. The summed E-state index contributed by atoms with van der Waals surface area (Å²) in [5, 5.41) is 0. The van der Waals surface area contributed by atoms with E-state index in [1.165, 1.54) is 23.1 Å². The number of hydrogen-bond acceptors (Lipinski definition) is 5. The van der Waals surface area contributed by atoms with Crippen LogP contribution in [0.5, 0.6) is 0 Å². The van der Waals surface area contributed by atoms with Crippen molar-refractivity contribution in [1.29, 1.82) is 0 Å². The number of nitrogens with one attached hydrogen (secondary N) is 1. The van der Waals surface area contributed by atoms with Crippen LogP contribution < -0.4 is 4.72 Å². The van der Waals surface area contributed by atoms with E-state index in [0.717, 1.165) is 14.6 Å². The van der Waals surface area contributed by atoms with E-state index in [1.807, 2.05) is 24.3 Å².